The maximum absolute atomic E-state index is 10.5. The summed E-state index contributed by atoms with van der Waals surface area (Å²) in [5, 5.41) is 9.88. The van der Waals surface area contributed by atoms with Gasteiger partial charge in [-0.2, -0.15) is 0 Å². The molecular weight excluding hydrogens is 392 g/mol. The smallest absolute Gasteiger partial charge is 0.188 e. The molecule has 8 heteroatoms. The minimum absolute atomic E-state index is 0.0398. The molecule has 8 nitrogen and oxygen atoms in total. The van der Waals surface area contributed by atoms with Crippen LogP contribution in [0.25, 0.3) is 6.08 Å². The van der Waals surface area contributed by atoms with Gasteiger partial charge in [0.05, 0.1) is 6.61 Å². The van der Waals surface area contributed by atoms with Crippen LogP contribution in [-0.2, 0) is 14.3 Å². The molecule has 0 amide bonds. The van der Waals surface area contributed by atoms with Crippen LogP contribution in [0.5, 0.6) is 23.0 Å². The van der Waals surface area contributed by atoms with Gasteiger partial charge in [0.25, 0.3) is 0 Å². The number of aliphatic hydroxyl groups excluding tert-OH is 1. The van der Waals surface area contributed by atoms with E-state index in [1.54, 1.807) is 30.3 Å². The first-order valence-electron chi connectivity index (χ1n) is 9.27. The fraction of sp³-hybridized carbons (Fsp3) is 0.318. The van der Waals surface area contributed by atoms with Crippen molar-refractivity contribution < 1.29 is 38.3 Å². The predicted octanol–water partition coefficient (Wildman–Crippen LogP) is 2.74. The Labute approximate surface area is 174 Å². The summed E-state index contributed by atoms with van der Waals surface area (Å²) in [5.74, 6) is 1.97. The number of carbonyl (C=O) groups is 1. The lowest BCUT2D eigenvalue weighted by atomic mass is 10.0. The number of carbonyl (C=O) groups excluding carboxylic acids is 1. The summed E-state index contributed by atoms with van der Waals surface area (Å²) in [6.45, 7) is -0.147. The van der Waals surface area contributed by atoms with Crippen LogP contribution in [0.2, 0.25) is 0 Å². The van der Waals surface area contributed by atoms with Crippen molar-refractivity contribution in [3.05, 3.63) is 53.6 Å². The van der Waals surface area contributed by atoms with E-state index >= 15 is 0 Å². The Balaban J connectivity index is 1.88. The highest BCUT2D eigenvalue weighted by atomic mass is 16.7. The quantitative estimate of drug-likeness (QED) is 0.359. The van der Waals surface area contributed by atoms with Crippen molar-refractivity contribution in [2.45, 2.75) is 12.2 Å². The van der Waals surface area contributed by atoms with Gasteiger partial charge in [0.15, 0.2) is 48.8 Å². The summed E-state index contributed by atoms with van der Waals surface area (Å²) in [6, 6.07) is 10.6. The third kappa shape index (κ3) is 5.10. The van der Waals surface area contributed by atoms with E-state index in [4.69, 9.17) is 28.4 Å². The molecular formula is C22H24O8. The zero-order valence-corrected chi connectivity index (χ0v) is 16.8. The van der Waals surface area contributed by atoms with E-state index in [2.05, 4.69) is 0 Å². The van der Waals surface area contributed by atoms with Gasteiger partial charge in [-0.3, -0.25) is 4.79 Å². The van der Waals surface area contributed by atoms with Crippen molar-refractivity contribution in [3.8, 4) is 23.0 Å². The Kier molecular flexibility index (Phi) is 7.67. The molecule has 0 radical (unpaired) electrons. The summed E-state index contributed by atoms with van der Waals surface area (Å²) in [7, 11) is 3.05. The third-order valence-corrected chi connectivity index (χ3v) is 4.35. The Morgan fingerprint density at radius 3 is 2.43 bits per heavy atom. The highest BCUT2D eigenvalue weighted by Crippen LogP contribution is 2.42. The number of aliphatic hydroxyl groups is 1. The van der Waals surface area contributed by atoms with Gasteiger partial charge in [-0.15, -0.1) is 0 Å². The van der Waals surface area contributed by atoms with Crippen molar-refractivity contribution in [2.24, 2.45) is 0 Å². The summed E-state index contributed by atoms with van der Waals surface area (Å²) in [5.41, 5.74) is 1.52. The van der Waals surface area contributed by atoms with Crippen molar-refractivity contribution in [1.29, 1.82) is 0 Å². The number of fused-ring (bicyclic) bond motifs is 1. The Morgan fingerprint density at radius 2 is 1.73 bits per heavy atom. The zero-order valence-electron chi connectivity index (χ0n) is 16.8. The molecule has 2 atom stereocenters. The Hall–Kier alpha value is -3.07. The zero-order chi connectivity index (χ0) is 21.3. The summed E-state index contributed by atoms with van der Waals surface area (Å²) < 4.78 is 33.2. The Morgan fingerprint density at radius 1 is 0.967 bits per heavy atom. The lowest BCUT2D eigenvalue weighted by molar-refractivity contribution is -0.104. The van der Waals surface area contributed by atoms with Crippen molar-refractivity contribution in [3.63, 3.8) is 0 Å². The van der Waals surface area contributed by atoms with E-state index in [0.717, 1.165) is 11.1 Å². The molecule has 0 fully saturated rings. The summed E-state index contributed by atoms with van der Waals surface area (Å²) in [4.78, 5) is 10.5. The van der Waals surface area contributed by atoms with Crippen LogP contribution < -0.4 is 18.9 Å². The van der Waals surface area contributed by atoms with E-state index in [1.807, 2.05) is 12.1 Å². The van der Waals surface area contributed by atoms with Gasteiger partial charge in [0.1, 0.15) is 6.29 Å². The number of aldehydes is 1. The van der Waals surface area contributed by atoms with Crippen LogP contribution in [-0.4, -0.2) is 51.9 Å². The van der Waals surface area contributed by atoms with Gasteiger partial charge in [-0.25, -0.2) is 0 Å². The molecule has 0 spiro atoms. The Bertz CT molecular complexity index is 879. The van der Waals surface area contributed by atoms with Crippen LogP contribution in [0.3, 0.4) is 0 Å². The average molecular weight is 416 g/mol. The maximum Gasteiger partial charge on any atom is 0.188 e. The largest absolute Gasteiger partial charge is 0.480 e. The molecule has 0 saturated carbocycles. The van der Waals surface area contributed by atoms with Crippen molar-refractivity contribution >= 4 is 12.4 Å². The number of ether oxygens (including phenoxy) is 6. The molecule has 30 heavy (non-hydrogen) atoms. The van der Waals surface area contributed by atoms with Crippen molar-refractivity contribution in [1.82, 2.24) is 0 Å². The van der Waals surface area contributed by atoms with Gasteiger partial charge >= 0.3 is 0 Å². The lowest BCUT2D eigenvalue weighted by Gasteiger charge is -2.33. The number of rotatable bonds is 10. The maximum atomic E-state index is 10.5. The average Bonchev–Trinajstić information content (AvgIpc) is 2.79. The van der Waals surface area contributed by atoms with Gasteiger partial charge in [-0.05, 0) is 35.9 Å². The molecule has 1 heterocycles. The fourth-order valence-electron chi connectivity index (χ4n) is 3.00. The third-order valence-electron chi connectivity index (χ3n) is 4.35. The SMILES string of the molecule is COCOc1ccc([C@H]2Oc3ccc(/C=C/C=O)cc3O[C@@H]2CO)cc1OCOC. The van der Waals surface area contributed by atoms with E-state index in [9.17, 15) is 9.90 Å². The fourth-order valence-corrected chi connectivity index (χ4v) is 3.00. The van der Waals surface area contributed by atoms with E-state index in [-0.39, 0.29) is 20.2 Å². The van der Waals surface area contributed by atoms with Crippen molar-refractivity contribution in [2.75, 3.05) is 34.4 Å². The monoisotopic (exact) mass is 416 g/mol. The molecule has 1 aliphatic heterocycles. The molecule has 0 aromatic heterocycles. The minimum Gasteiger partial charge on any atom is -0.480 e. The topological polar surface area (TPSA) is 92.7 Å². The van der Waals surface area contributed by atoms with Gasteiger partial charge in [0.2, 0.25) is 0 Å². The summed E-state index contributed by atoms with van der Waals surface area (Å²) >= 11 is 0. The van der Waals surface area contributed by atoms with E-state index in [1.165, 1.54) is 20.3 Å². The predicted molar refractivity (Wildman–Crippen MR) is 108 cm³/mol. The lowest BCUT2D eigenvalue weighted by Crippen LogP contribution is -2.36. The van der Waals surface area contributed by atoms with Gasteiger partial charge < -0.3 is 33.5 Å². The second-order valence-corrected chi connectivity index (χ2v) is 6.39. The van der Waals surface area contributed by atoms with Crippen LogP contribution >= 0.6 is 0 Å². The van der Waals surface area contributed by atoms with Crippen LogP contribution in [0.1, 0.15) is 17.2 Å². The number of hydrogen-bond acceptors (Lipinski definition) is 8. The van der Waals surface area contributed by atoms with Crippen LogP contribution in [0.15, 0.2) is 42.5 Å². The molecule has 1 aliphatic rings. The number of benzene rings is 2. The number of allylic oxidation sites excluding steroid dienone is 1. The highest BCUT2D eigenvalue weighted by molar-refractivity contribution is 5.74. The first-order valence-corrected chi connectivity index (χ1v) is 9.27. The number of hydrogen-bond donors (Lipinski definition) is 1. The molecule has 2 aromatic carbocycles. The second-order valence-electron chi connectivity index (χ2n) is 6.39. The molecule has 1 N–H and O–H groups in total. The second kappa shape index (κ2) is 10.6. The normalized spacial score (nSPS) is 17.7. The van der Waals surface area contributed by atoms with E-state index in [0.29, 0.717) is 29.3 Å². The molecule has 0 saturated heterocycles. The minimum atomic E-state index is -0.635. The van der Waals surface area contributed by atoms with Gasteiger partial charge in [-0.1, -0.05) is 18.2 Å². The molecule has 0 aliphatic carbocycles. The highest BCUT2D eigenvalue weighted by Gasteiger charge is 2.33. The standard InChI is InChI=1S/C22H24O8/c1-25-13-27-17-8-6-16(11-19(17)28-14-26-2)22-21(12-24)29-20-10-15(4-3-9-23)5-7-18(20)30-22/h3-11,21-22,24H,12-14H2,1-2H3/b4-3+/t21-,22-/m1/s1. The molecule has 2 aromatic rings. The molecule has 0 unspecified atom stereocenters. The first kappa shape index (κ1) is 21.6. The summed E-state index contributed by atoms with van der Waals surface area (Å²) in [6.07, 6.45) is 2.55. The van der Waals surface area contributed by atoms with Crippen LogP contribution in [0, 0.1) is 0 Å². The van der Waals surface area contributed by atoms with Crippen LogP contribution in [0.4, 0.5) is 0 Å². The number of methoxy groups -OCH3 is 2. The molecule has 160 valence electrons. The van der Waals surface area contributed by atoms with E-state index < -0.39 is 12.2 Å². The molecule has 3 rings (SSSR count). The molecule has 0 bridgehead atoms. The van der Waals surface area contributed by atoms with Gasteiger partial charge in [0, 0.05) is 19.8 Å². The first-order chi connectivity index (χ1) is 14.7.